The van der Waals surface area contributed by atoms with E-state index in [2.05, 4.69) is 22.6 Å². The molecule has 2 atom stereocenters. The molecule has 3 aliphatic rings. The van der Waals surface area contributed by atoms with Gasteiger partial charge in [-0.25, -0.2) is 0 Å². The van der Waals surface area contributed by atoms with Crippen LogP contribution < -0.4 is 0 Å². The maximum atomic E-state index is 2.75. The lowest BCUT2D eigenvalue weighted by molar-refractivity contribution is 0.126. The molecule has 9 heavy (non-hydrogen) atoms. The van der Waals surface area contributed by atoms with Crippen molar-refractivity contribution in [1.82, 2.24) is 0 Å². The highest BCUT2D eigenvalue weighted by Gasteiger charge is 2.63. The Hall–Kier alpha value is 0.730. The van der Waals surface area contributed by atoms with Crippen molar-refractivity contribution in [2.75, 3.05) is 0 Å². The van der Waals surface area contributed by atoms with Gasteiger partial charge in [-0.1, -0.05) is 22.6 Å². The highest BCUT2D eigenvalue weighted by Crippen LogP contribution is 2.70. The number of alkyl halides is 1. The molecular weight excluding hydrogens is 223 g/mol. The summed E-state index contributed by atoms with van der Waals surface area (Å²) in [5, 5.41) is 0. The molecule has 3 saturated carbocycles. The summed E-state index contributed by atoms with van der Waals surface area (Å²) in [5.41, 5.74) is 0. The molecule has 3 aliphatic carbocycles. The Labute approximate surface area is 69.5 Å². The molecule has 2 unspecified atom stereocenters. The third-order valence-corrected chi connectivity index (χ3v) is 5.97. The van der Waals surface area contributed by atoms with Gasteiger partial charge in [0.1, 0.15) is 0 Å². The Bertz CT molecular complexity index is 152. The van der Waals surface area contributed by atoms with E-state index in [9.17, 15) is 0 Å². The number of hydrogen-bond donors (Lipinski definition) is 0. The van der Waals surface area contributed by atoms with Crippen molar-refractivity contribution in [3.63, 3.8) is 0 Å². The predicted octanol–water partition coefficient (Wildman–Crippen LogP) is 2.61. The van der Waals surface area contributed by atoms with E-state index in [1.807, 2.05) is 0 Å². The maximum Gasteiger partial charge on any atom is 0.0281 e. The summed E-state index contributed by atoms with van der Waals surface area (Å²) in [4.78, 5) is 0. The van der Waals surface area contributed by atoms with Gasteiger partial charge >= 0.3 is 0 Å². The minimum absolute atomic E-state index is 0.836. The molecule has 1 heteroatoms. The van der Waals surface area contributed by atoms with Crippen molar-refractivity contribution >= 4 is 22.6 Å². The van der Waals surface area contributed by atoms with Crippen LogP contribution in [0, 0.1) is 17.8 Å². The van der Waals surface area contributed by atoms with Crippen LogP contribution in [-0.2, 0) is 0 Å². The first-order valence-electron chi connectivity index (χ1n) is 3.98. The Morgan fingerprint density at radius 1 is 1.11 bits per heavy atom. The quantitative estimate of drug-likeness (QED) is 0.446. The molecule has 0 amide bonds. The van der Waals surface area contributed by atoms with Crippen LogP contribution in [0.25, 0.3) is 0 Å². The Kier molecular flexibility index (Phi) is 0.802. The molecule has 50 valence electrons. The van der Waals surface area contributed by atoms with Gasteiger partial charge in [0.2, 0.25) is 0 Å². The molecule has 0 radical (unpaired) electrons. The van der Waals surface area contributed by atoms with Crippen LogP contribution in [0.15, 0.2) is 0 Å². The van der Waals surface area contributed by atoms with Gasteiger partial charge in [-0.05, 0) is 43.4 Å². The minimum Gasteiger partial charge on any atom is -0.0783 e. The zero-order valence-corrected chi connectivity index (χ0v) is 7.60. The standard InChI is InChI=1S/C8H11I/c9-8-4-5-1-6(8)3-7(8)2-5/h5-7H,1-4H2. The summed E-state index contributed by atoms with van der Waals surface area (Å²) in [6, 6.07) is 0. The number of fused-ring (bicyclic) bond motifs is 1. The fourth-order valence-electron chi connectivity index (χ4n) is 3.34. The average Bonchev–Trinajstić information content (AvgIpc) is 2.20. The second-order valence-electron chi connectivity index (χ2n) is 4.10. The second kappa shape index (κ2) is 1.34. The predicted molar refractivity (Wildman–Crippen MR) is 45.7 cm³/mol. The van der Waals surface area contributed by atoms with Gasteiger partial charge in [-0.2, -0.15) is 0 Å². The summed E-state index contributed by atoms with van der Waals surface area (Å²) in [7, 11) is 0. The van der Waals surface area contributed by atoms with E-state index in [-0.39, 0.29) is 0 Å². The van der Waals surface area contributed by atoms with E-state index in [1.54, 1.807) is 25.7 Å². The summed E-state index contributed by atoms with van der Waals surface area (Å²) < 4.78 is 0.836. The van der Waals surface area contributed by atoms with Crippen molar-refractivity contribution in [2.24, 2.45) is 17.8 Å². The first-order chi connectivity index (χ1) is 4.29. The SMILES string of the molecule is IC12CC3CC1CC2C3. The summed E-state index contributed by atoms with van der Waals surface area (Å²) in [6.45, 7) is 0. The van der Waals surface area contributed by atoms with Gasteiger partial charge in [0.15, 0.2) is 0 Å². The molecule has 3 rings (SSSR count). The first-order valence-corrected chi connectivity index (χ1v) is 5.06. The van der Waals surface area contributed by atoms with Gasteiger partial charge in [-0.3, -0.25) is 0 Å². The Balaban J connectivity index is 2.07. The first kappa shape index (κ1) is 5.39. The molecule has 0 N–H and O–H groups in total. The molecular formula is C8H11I. The van der Waals surface area contributed by atoms with Gasteiger partial charge in [0.05, 0.1) is 0 Å². The van der Waals surface area contributed by atoms with Gasteiger partial charge in [0.25, 0.3) is 0 Å². The van der Waals surface area contributed by atoms with Crippen LogP contribution in [-0.4, -0.2) is 3.42 Å². The summed E-state index contributed by atoms with van der Waals surface area (Å²) in [6.07, 6.45) is 6.32. The normalized spacial score (nSPS) is 68.3. The van der Waals surface area contributed by atoms with E-state index in [4.69, 9.17) is 0 Å². The zero-order chi connectivity index (χ0) is 6.06. The monoisotopic (exact) mass is 234 g/mol. The molecule has 0 aromatic heterocycles. The van der Waals surface area contributed by atoms with Gasteiger partial charge in [-0.15, -0.1) is 0 Å². The maximum absolute atomic E-state index is 2.75. The van der Waals surface area contributed by atoms with Crippen LogP contribution in [0.5, 0.6) is 0 Å². The molecule has 0 aliphatic heterocycles. The third kappa shape index (κ3) is 0.447. The molecule has 3 fully saturated rings. The van der Waals surface area contributed by atoms with E-state index in [1.165, 1.54) is 0 Å². The minimum atomic E-state index is 0.836. The highest BCUT2D eigenvalue weighted by atomic mass is 127. The second-order valence-corrected chi connectivity index (χ2v) is 6.11. The van der Waals surface area contributed by atoms with E-state index in [0.29, 0.717) is 0 Å². The average molecular weight is 234 g/mol. The van der Waals surface area contributed by atoms with Crippen molar-refractivity contribution in [3.8, 4) is 0 Å². The van der Waals surface area contributed by atoms with E-state index >= 15 is 0 Å². The van der Waals surface area contributed by atoms with Crippen molar-refractivity contribution < 1.29 is 0 Å². The number of hydrogen-bond acceptors (Lipinski definition) is 0. The molecule has 0 saturated heterocycles. The third-order valence-electron chi connectivity index (χ3n) is 3.76. The molecule has 2 bridgehead atoms. The molecule has 0 nitrogen and oxygen atoms in total. The Morgan fingerprint density at radius 3 is 2.00 bits per heavy atom. The lowest BCUT2D eigenvalue weighted by atomic mass is 9.64. The largest absolute Gasteiger partial charge is 0.0783 e. The lowest BCUT2D eigenvalue weighted by Crippen LogP contribution is -2.46. The number of halogens is 1. The van der Waals surface area contributed by atoms with E-state index in [0.717, 1.165) is 21.2 Å². The highest BCUT2D eigenvalue weighted by molar-refractivity contribution is 14.1. The van der Waals surface area contributed by atoms with Gasteiger partial charge < -0.3 is 0 Å². The van der Waals surface area contributed by atoms with Crippen LogP contribution in [0.1, 0.15) is 25.7 Å². The molecule has 0 spiro atoms. The molecule has 0 heterocycles. The van der Waals surface area contributed by atoms with Crippen molar-refractivity contribution in [3.05, 3.63) is 0 Å². The molecule has 0 aromatic rings. The van der Waals surface area contributed by atoms with Crippen LogP contribution in [0.3, 0.4) is 0 Å². The topological polar surface area (TPSA) is 0 Å². The molecule has 0 aromatic carbocycles. The Morgan fingerprint density at radius 2 is 1.78 bits per heavy atom. The van der Waals surface area contributed by atoms with Crippen LogP contribution in [0.2, 0.25) is 0 Å². The zero-order valence-electron chi connectivity index (χ0n) is 5.44. The number of rotatable bonds is 0. The smallest absolute Gasteiger partial charge is 0.0281 e. The fourth-order valence-corrected chi connectivity index (χ4v) is 4.98. The van der Waals surface area contributed by atoms with E-state index < -0.39 is 0 Å². The lowest BCUT2D eigenvalue weighted by Gasteiger charge is -2.49. The van der Waals surface area contributed by atoms with Crippen molar-refractivity contribution in [1.29, 1.82) is 0 Å². The van der Waals surface area contributed by atoms with Crippen molar-refractivity contribution in [2.45, 2.75) is 29.1 Å². The fraction of sp³-hybridized carbons (Fsp3) is 1.00. The van der Waals surface area contributed by atoms with Gasteiger partial charge in [0, 0.05) is 3.42 Å². The van der Waals surface area contributed by atoms with Crippen LogP contribution >= 0.6 is 22.6 Å². The summed E-state index contributed by atoms with van der Waals surface area (Å²) >= 11 is 2.75. The summed E-state index contributed by atoms with van der Waals surface area (Å²) in [5.74, 6) is 3.47. The van der Waals surface area contributed by atoms with Crippen LogP contribution in [0.4, 0.5) is 0 Å².